The van der Waals surface area contributed by atoms with E-state index in [2.05, 4.69) is 13.5 Å². The predicted molar refractivity (Wildman–Crippen MR) is 149 cm³/mol. The Kier molecular flexibility index (Phi) is 10.4. The molecule has 0 bridgehead atoms. The normalized spacial score (nSPS) is 16.7. The minimum Gasteiger partial charge on any atom is -0.494 e. The zero-order valence-corrected chi connectivity index (χ0v) is 23.1. The first kappa shape index (κ1) is 30.2. The van der Waals surface area contributed by atoms with E-state index >= 15 is 8.78 Å². The van der Waals surface area contributed by atoms with E-state index in [0.29, 0.717) is 50.0 Å². The lowest BCUT2D eigenvalue weighted by atomic mass is 9.82. The Morgan fingerprint density at radius 1 is 0.854 bits per heavy atom. The number of carbonyl (C=O) groups is 1. The molecule has 3 aromatic rings. The summed E-state index contributed by atoms with van der Waals surface area (Å²) in [7, 11) is 0. The Morgan fingerprint density at radius 2 is 1.59 bits per heavy atom. The monoisotopic (exact) mass is 570 g/mol. The molecule has 0 spiro atoms. The summed E-state index contributed by atoms with van der Waals surface area (Å²) in [6.45, 7) is 6.33. The van der Waals surface area contributed by atoms with Crippen molar-refractivity contribution in [3.63, 3.8) is 0 Å². The van der Waals surface area contributed by atoms with Gasteiger partial charge in [0.1, 0.15) is 11.9 Å². The fourth-order valence-corrected chi connectivity index (χ4v) is 4.93. The van der Waals surface area contributed by atoms with Gasteiger partial charge in [0.15, 0.2) is 23.2 Å². The van der Waals surface area contributed by atoms with Crippen LogP contribution >= 0.6 is 0 Å². The molecule has 0 aliphatic heterocycles. The van der Waals surface area contributed by atoms with Crippen molar-refractivity contribution < 1.29 is 36.6 Å². The molecule has 1 fully saturated rings. The van der Waals surface area contributed by atoms with Gasteiger partial charge in [-0.2, -0.15) is 4.39 Å². The van der Waals surface area contributed by atoms with Gasteiger partial charge in [0.25, 0.3) is 0 Å². The van der Waals surface area contributed by atoms with Crippen LogP contribution in [0.1, 0.15) is 73.7 Å². The number of benzene rings is 3. The van der Waals surface area contributed by atoms with E-state index in [1.807, 2.05) is 0 Å². The van der Waals surface area contributed by atoms with E-state index in [1.165, 1.54) is 6.07 Å². The molecular formula is C33H34F4O4. The van der Waals surface area contributed by atoms with Crippen LogP contribution in [-0.2, 0) is 4.74 Å². The summed E-state index contributed by atoms with van der Waals surface area (Å²) in [4.78, 5) is 12.6. The Balaban J connectivity index is 1.35. The molecule has 4 rings (SSSR count). The Labute approximate surface area is 237 Å². The molecule has 41 heavy (non-hydrogen) atoms. The second-order valence-electron chi connectivity index (χ2n) is 10.1. The van der Waals surface area contributed by atoms with Gasteiger partial charge in [-0.3, -0.25) is 0 Å². The van der Waals surface area contributed by atoms with Crippen LogP contribution in [-0.4, -0.2) is 25.3 Å². The SMILES string of the molecule is C=CCCOc1ccc(C(=O)OC2CCC(c3ccc(-c4ccc(OCCCC)cc4)c(F)c3F)CC2)c(F)c1F. The summed E-state index contributed by atoms with van der Waals surface area (Å²) in [6.07, 6.45) is 5.11. The topological polar surface area (TPSA) is 44.8 Å². The lowest BCUT2D eigenvalue weighted by molar-refractivity contribution is 0.0188. The van der Waals surface area contributed by atoms with Crippen molar-refractivity contribution in [2.24, 2.45) is 0 Å². The Hall–Kier alpha value is -3.81. The van der Waals surface area contributed by atoms with Crippen molar-refractivity contribution >= 4 is 5.97 Å². The summed E-state index contributed by atoms with van der Waals surface area (Å²) in [5.41, 5.74) is 0.465. The van der Waals surface area contributed by atoms with E-state index in [9.17, 15) is 13.6 Å². The van der Waals surface area contributed by atoms with Crippen LogP contribution in [0.3, 0.4) is 0 Å². The molecule has 0 radical (unpaired) electrons. The van der Waals surface area contributed by atoms with Crippen LogP contribution in [0.2, 0.25) is 0 Å². The molecule has 1 aliphatic carbocycles. The number of unbranched alkanes of at least 4 members (excludes halogenated alkanes) is 1. The highest BCUT2D eigenvalue weighted by atomic mass is 19.2. The molecule has 0 amide bonds. The third-order valence-corrected chi connectivity index (χ3v) is 7.28. The molecular weight excluding hydrogens is 536 g/mol. The second-order valence-corrected chi connectivity index (χ2v) is 10.1. The van der Waals surface area contributed by atoms with Crippen LogP contribution in [0.5, 0.6) is 11.5 Å². The molecule has 0 aromatic heterocycles. The quantitative estimate of drug-likeness (QED) is 0.0944. The largest absolute Gasteiger partial charge is 0.494 e. The molecule has 1 aliphatic rings. The molecule has 1 saturated carbocycles. The molecule has 0 atom stereocenters. The van der Waals surface area contributed by atoms with Crippen LogP contribution in [0.15, 0.2) is 61.2 Å². The number of carbonyl (C=O) groups excluding carboxylic acids is 1. The average molecular weight is 571 g/mol. The van der Waals surface area contributed by atoms with Crippen molar-refractivity contribution in [3.05, 3.63) is 95.6 Å². The molecule has 0 saturated heterocycles. The first-order chi connectivity index (χ1) is 19.8. The minimum atomic E-state index is -1.34. The van der Waals surface area contributed by atoms with Gasteiger partial charge in [0, 0.05) is 5.56 Å². The van der Waals surface area contributed by atoms with E-state index < -0.39 is 40.9 Å². The fraction of sp³-hybridized carbons (Fsp3) is 0.364. The highest BCUT2D eigenvalue weighted by molar-refractivity contribution is 5.90. The molecule has 0 N–H and O–H groups in total. The zero-order chi connectivity index (χ0) is 29.4. The van der Waals surface area contributed by atoms with Crippen molar-refractivity contribution in [2.75, 3.05) is 13.2 Å². The number of halogens is 4. The molecule has 8 heteroatoms. The Bertz CT molecular complexity index is 1350. The zero-order valence-electron chi connectivity index (χ0n) is 23.1. The number of hydrogen-bond acceptors (Lipinski definition) is 4. The van der Waals surface area contributed by atoms with E-state index in [0.717, 1.165) is 18.9 Å². The van der Waals surface area contributed by atoms with E-state index in [1.54, 1.807) is 42.5 Å². The fourth-order valence-electron chi connectivity index (χ4n) is 4.93. The summed E-state index contributed by atoms with van der Waals surface area (Å²) in [5.74, 6) is -5.26. The standard InChI is InChI=1S/C33H34F4O4/c1-3-5-19-39-23-11-7-21(8-12-23)25-15-16-26(30(35)29(25)34)22-9-13-24(14-10-22)41-33(38)27-17-18-28(32(37)31(27)36)40-20-6-4-2/h4,7-8,11-12,15-18,22,24H,2-3,5-6,9-10,13-14,19-20H2,1H3. The summed E-state index contributed by atoms with van der Waals surface area (Å²) in [6, 6.07) is 12.4. The molecule has 0 heterocycles. The third kappa shape index (κ3) is 7.29. The Morgan fingerprint density at radius 3 is 2.27 bits per heavy atom. The highest BCUT2D eigenvalue weighted by Gasteiger charge is 2.30. The second kappa shape index (κ2) is 14.2. The molecule has 3 aromatic carbocycles. The summed E-state index contributed by atoms with van der Waals surface area (Å²) >= 11 is 0. The van der Waals surface area contributed by atoms with Gasteiger partial charge in [-0.05, 0) is 79.8 Å². The minimum absolute atomic E-state index is 0.127. The van der Waals surface area contributed by atoms with Crippen LogP contribution in [0, 0.1) is 23.3 Å². The van der Waals surface area contributed by atoms with E-state index in [-0.39, 0.29) is 29.4 Å². The van der Waals surface area contributed by atoms with Crippen molar-refractivity contribution in [2.45, 2.75) is 63.9 Å². The number of rotatable bonds is 12. The van der Waals surface area contributed by atoms with Crippen molar-refractivity contribution in [1.29, 1.82) is 0 Å². The maximum Gasteiger partial charge on any atom is 0.341 e. The number of ether oxygens (including phenoxy) is 3. The summed E-state index contributed by atoms with van der Waals surface area (Å²) in [5, 5.41) is 0. The third-order valence-electron chi connectivity index (χ3n) is 7.28. The van der Waals surface area contributed by atoms with Gasteiger partial charge >= 0.3 is 5.97 Å². The van der Waals surface area contributed by atoms with Gasteiger partial charge in [0.05, 0.1) is 18.8 Å². The van der Waals surface area contributed by atoms with Crippen molar-refractivity contribution in [3.8, 4) is 22.6 Å². The highest BCUT2D eigenvalue weighted by Crippen LogP contribution is 2.38. The van der Waals surface area contributed by atoms with Gasteiger partial charge in [0.2, 0.25) is 5.82 Å². The van der Waals surface area contributed by atoms with Crippen LogP contribution in [0.25, 0.3) is 11.1 Å². The lowest BCUT2D eigenvalue weighted by Gasteiger charge is -2.29. The van der Waals surface area contributed by atoms with Crippen LogP contribution < -0.4 is 9.47 Å². The molecule has 218 valence electrons. The van der Waals surface area contributed by atoms with Crippen molar-refractivity contribution in [1.82, 2.24) is 0 Å². The maximum absolute atomic E-state index is 15.2. The van der Waals surface area contributed by atoms with Gasteiger partial charge in [-0.25, -0.2) is 18.0 Å². The average Bonchev–Trinajstić information content (AvgIpc) is 2.98. The maximum atomic E-state index is 15.2. The first-order valence-electron chi connectivity index (χ1n) is 14.0. The first-order valence-corrected chi connectivity index (χ1v) is 14.0. The number of esters is 1. The van der Waals surface area contributed by atoms with E-state index in [4.69, 9.17) is 14.2 Å². The van der Waals surface area contributed by atoms with Crippen LogP contribution in [0.4, 0.5) is 17.6 Å². The van der Waals surface area contributed by atoms with Gasteiger partial charge in [-0.15, -0.1) is 6.58 Å². The predicted octanol–water partition coefficient (Wildman–Crippen LogP) is 8.93. The van der Waals surface area contributed by atoms with Gasteiger partial charge < -0.3 is 14.2 Å². The summed E-state index contributed by atoms with van der Waals surface area (Å²) < 4.78 is 75.4. The van der Waals surface area contributed by atoms with Gasteiger partial charge in [-0.1, -0.05) is 43.7 Å². The molecule has 4 nitrogen and oxygen atoms in total. The number of hydrogen-bond donors (Lipinski definition) is 0. The molecule has 0 unspecified atom stereocenters. The lowest BCUT2D eigenvalue weighted by Crippen LogP contribution is -2.25. The smallest absolute Gasteiger partial charge is 0.341 e.